The van der Waals surface area contributed by atoms with Gasteiger partial charge in [0.2, 0.25) is 0 Å². The quantitative estimate of drug-likeness (QED) is 0.809. The normalized spacial score (nSPS) is 23.6. The highest BCUT2D eigenvalue weighted by Crippen LogP contribution is 2.33. The van der Waals surface area contributed by atoms with Gasteiger partial charge in [-0.05, 0) is 36.6 Å². The van der Waals surface area contributed by atoms with Crippen molar-refractivity contribution in [2.24, 2.45) is 5.92 Å². The average Bonchev–Trinajstić information content (AvgIpc) is 2.97. The first kappa shape index (κ1) is 10.1. The van der Waals surface area contributed by atoms with E-state index in [1.54, 1.807) is 0 Å². The smallest absolute Gasteiger partial charge is 0.251 e. The standard InChI is InChI=1S/C12H14FNO/c1-2-8-7-11(8)14-12(15)9-3-5-10(13)6-4-9/h3-6,8,11H,2,7H2,1H3,(H,14,15). The number of hydrogen-bond acceptors (Lipinski definition) is 1. The van der Waals surface area contributed by atoms with E-state index in [0.717, 1.165) is 12.8 Å². The Morgan fingerprint density at radius 3 is 2.67 bits per heavy atom. The number of carbonyl (C=O) groups excluding carboxylic acids is 1. The van der Waals surface area contributed by atoms with Gasteiger partial charge in [-0.3, -0.25) is 4.79 Å². The van der Waals surface area contributed by atoms with Gasteiger partial charge in [0.1, 0.15) is 5.82 Å². The molecule has 80 valence electrons. The SMILES string of the molecule is CCC1CC1NC(=O)c1ccc(F)cc1. The van der Waals surface area contributed by atoms with Gasteiger partial charge in [-0.25, -0.2) is 4.39 Å². The van der Waals surface area contributed by atoms with Gasteiger partial charge >= 0.3 is 0 Å². The number of hydrogen-bond donors (Lipinski definition) is 1. The molecule has 3 heteroatoms. The largest absolute Gasteiger partial charge is 0.349 e. The third-order valence-electron chi connectivity index (χ3n) is 2.87. The molecular formula is C12H14FNO. The van der Waals surface area contributed by atoms with E-state index >= 15 is 0 Å². The maximum atomic E-state index is 12.6. The fraction of sp³-hybridized carbons (Fsp3) is 0.417. The highest BCUT2D eigenvalue weighted by molar-refractivity contribution is 5.94. The molecule has 0 spiro atoms. The van der Waals surface area contributed by atoms with Gasteiger partial charge in [-0.1, -0.05) is 13.3 Å². The van der Waals surface area contributed by atoms with Gasteiger partial charge in [0.25, 0.3) is 5.91 Å². The van der Waals surface area contributed by atoms with E-state index in [2.05, 4.69) is 12.2 Å². The summed E-state index contributed by atoms with van der Waals surface area (Å²) in [4.78, 5) is 11.6. The van der Waals surface area contributed by atoms with Crippen LogP contribution < -0.4 is 5.32 Å². The topological polar surface area (TPSA) is 29.1 Å². The van der Waals surface area contributed by atoms with Gasteiger partial charge < -0.3 is 5.32 Å². The zero-order valence-electron chi connectivity index (χ0n) is 8.66. The van der Waals surface area contributed by atoms with Gasteiger partial charge in [0.05, 0.1) is 0 Å². The lowest BCUT2D eigenvalue weighted by Gasteiger charge is -2.03. The molecule has 1 aliphatic rings. The van der Waals surface area contributed by atoms with E-state index in [-0.39, 0.29) is 11.7 Å². The van der Waals surface area contributed by atoms with Crippen molar-refractivity contribution in [1.29, 1.82) is 0 Å². The molecule has 1 aromatic rings. The third kappa shape index (κ3) is 2.35. The molecule has 0 radical (unpaired) electrons. The maximum absolute atomic E-state index is 12.6. The summed E-state index contributed by atoms with van der Waals surface area (Å²) in [5, 5.41) is 2.93. The summed E-state index contributed by atoms with van der Waals surface area (Å²) in [6.07, 6.45) is 2.18. The Hall–Kier alpha value is -1.38. The molecule has 2 atom stereocenters. The van der Waals surface area contributed by atoms with Crippen LogP contribution in [0.15, 0.2) is 24.3 Å². The summed E-state index contributed by atoms with van der Waals surface area (Å²) in [6, 6.07) is 5.95. The second kappa shape index (κ2) is 4.01. The Labute approximate surface area is 88.5 Å². The van der Waals surface area contributed by atoms with Crippen LogP contribution in [0.1, 0.15) is 30.1 Å². The van der Waals surface area contributed by atoms with Crippen molar-refractivity contribution in [3.8, 4) is 0 Å². The number of nitrogens with one attached hydrogen (secondary N) is 1. The molecule has 2 rings (SSSR count). The predicted octanol–water partition coefficient (Wildman–Crippen LogP) is 2.35. The van der Waals surface area contributed by atoms with E-state index in [1.807, 2.05) is 0 Å². The van der Waals surface area contributed by atoms with Crippen LogP contribution in [-0.2, 0) is 0 Å². The summed E-state index contributed by atoms with van der Waals surface area (Å²) in [5.74, 6) is 0.217. The van der Waals surface area contributed by atoms with Crippen LogP contribution >= 0.6 is 0 Å². The zero-order chi connectivity index (χ0) is 10.8. The molecule has 0 bridgehead atoms. The highest BCUT2D eigenvalue weighted by Gasteiger charge is 2.36. The zero-order valence-corrected chi connectivity index (χ0v) is 8.66. The fourth-order valence-electron chi connectivity index (χ4n) is 1.73. The molecule has 0 aliphatic heterocycles. The molecule has 0 heterocycles. The van der Waals surface area contributed by atoms with Crippen molar-refractivity contribution >= 4 is 5.91 Å². The monoisotopic (exact) mass is 207 g/mol. The molecule has 1 fully saturated rings. The molecule has 15 heavy (non-hydrogen) atoms. The molecule has 1 aliphatic carbocycles. The Balaban J connectivity index is 1.94. The molecule has 2 unspecified atom stereocenters. The lowest BCUT2D eigenvalue weighted by atomic mass is 10.2. The van der Waals surface area contributed by atoms with E-state index in [4.69, 9.17) is 0 Å². The van der Waals surface area contributed by atoms with Crippen molar-refractivity contribution in [2.75, 3.05) is 0 Å². The highest BCUT2D eigenvalue weighted by atomic mass is 19.1. The molecule has 2 nitrogen and oxygen atoms in total. The lowest BCUT2D eigenvalue weighted by molar-refractivity contribution is 0.0949. The first-order chi connectivity index (χ1) is 7.20. The van der Waals surface area contributed by atoms with Crippen molar-refractivity contribution in [1.82, 2.24) is 5.32 Å². The van der Waals surface area contributed by atoms with Crippen molar-refractivity contribution in [3.63, 3.8) is 0 Å². The minimum absolute atomic E-state index is 0.101. The van der Waals surface area contributed by atoms with Gasteiger partial charge in [-0.2, -0.15) is 0 Å². The molecule has 0 aromatic heterocycles. The number of carbonyl (C=O) groups is 1. The lowest BCUT2D eigenvalue weighted by Crippen LogP contribution is -2.26. The molecule has 0 saturated heterocycles. The van der Waals surface area contributed by atoms with Crippen LogP contribution in [0.5, 0.6) is 0 Å². The predicted molar refractivity (Wildman–Crippen MR) is 56.1 cm³/mol. The molecule has 1 amide bonds. The van der Waals surface area contributed by atoms with Crippen LogP contribution in [0.25, 0.3) is 0 Å². The van der Waals surface area contributed by atoms with Crippen LogP contribution in [0.2, 0.25) is 0 Å². The fourth-order valence-corrected chi connectivity index (χ4v) is 1.73. The third-order valence-corrected chi connectivity index (χ3v) is 2.87. The molecule has 1 N–H and O–H groups in total. The van der Waals surface area contributed by atoms with E-state index < -0.39 is 0 Å². The van der Waals surface area contributed by atoms with Crippen molar-refractivity contribution in [3.05, 3.63) is 35.6 Å². The summed E-state index contributed by atoms with van der Waals surface area (Å²) in [7, 11) is 0. The minimum atomic E-state index is -0.315. The van der Waals surface area contributed by atoms with Crippen LogP contribution in [0, 0.1) is 11.7 Å². The van der Waals surface area contributed by atoms with E-state index in [0.29, 0.717) is 17.5 Å². The van der Waals surface area contributed by atoms with Crippen molar-refractivity contribution in [2.45, 2.75) is 25.8 Å². The van der Waals surface area contributed by atoms with Crippen LogP contribution in [0.4, 0.5) is 4.39 Å². The van der Waals surface area contributed by atoms with Gasteiger partial charge in [0, 0.05) is 11.6 Å². The van der Waals surface area contributed by atoms with Crippen LogP contribution in [0.3, 0.4) is 0 Å². The van der Waals surface area contributed by atoms with Crippen molar-refractivity contribution < 1.29 is 9.18 Å². The Morgan fingerprint density at radius 2 is 2.13 bits per heavy atom. The second-order valence-corrected chi connectivity index (χ2v) is 3.99. The van der Waals surface area contributed by atoms with E-state index in [9.17, 15) is 9.18 Å². The van der Waals surface area contributed by atoms with Crippen LogP contribution in [-0.4, -0.2) is 11.9 Å². The number of rotatable bonds is 3. The number of benzene rings is 1. The number of amides is 1. The average molecular weight is 207 g/mol. The number of halogens is 1. The minimum Gasteiger partial charge on any atom is -0.349 e. The first-order valence-electron chi connectivity index (χ1n) is 5.27. The summed E-state index contributed by atoms with van der Waals surface area (Å²) in [5.41, 5.74) is 0.526. The first-order valence-corrected chi connectivity index (χ1v) is 5.27. The molecule has 1 aromatic carbocycles. The van der Waals surface area contributed by atoms with Gasteiger partial charge in [-0.15, -0.1) is 0 Å². The van der Waals surface area contributed by atoms with Gasteiger partial charge in [0.15, 0.2) is 0 Å². The maximum Gasteiger partial charge on any atom is 0.251 e. The second-order valence-electron chi connectivity index (χ2n) is 3.99. The summed E-state index contributed by atoms with van der Waals surface area (Å²) >= 11 is 0. The Morgan fingerprint density at radius 1 is 1.47 bits per heavy atom. The van der Waals surface area contributed by atoms with E-state index in [1.165, 1.54) is 24.3 Å². The summed E-state index contributed by atoms with van der Waals surface area (Å²) in [6.45, 7) is 2.12. The molecule has 1 saturated carbocycles. The molecular weight excluding hydrogens is 193 g/mol. The Kier molecular flexibility index (Phi) is 2.71. The Bertz CT molecular complexity index is 360. The summed E-state index contributed by atoms with van der Waals surface area (Å²) < 4.78 is 12.6.